The second kappa shape index (κ2) is 23.5. The van der Waals surface area contributed by atoms with Gasteiger partial charge in [-0.05, 0) is 95.2 Å². The van der Waals surface area contributed by atoms with Gasteiger partial charge in [-0.25, -0.2) is 14.4 Å². The van der Waals surface area contributed by atoms with Gasteiger partial charge in [-0.3, -0.25) is 14.5 Å². The number of hydrogen-bond acceptors (Lipinski definition) is 12. The van der Waals surface area contributed by atoms with Gasteiger partial charge in [0.25, 0.3) is 0 Å². The molecule has 1 heterocycles. The van der Waals surface area contributed by atoms with E-state index in [1.165, 1.54) is 4.90 Å². The third-order valence-electron chi connectivity index (χ3n) is 10.4. The molecule has 16 nitrogen and oxygen atoms in total. The van der Waals surface area contributed by atoms with Gasteiger partial charge in [0.1, 0.15) is 18.4 Å². The second-order valence-corrected chi connectivity index (χ2v) is 17.9. The Morgan fingerprint density at radius 2 is 1.58 bits per heavy atom. The highest BCUT2D eigenvalue weighted by Crippen LogP contribution is 2.36. The summed E-state index contributed by atoms with van der Waals surface area (Å²) in [6.07, 6.45) is 0.0149. The summed E-state index contributed by atoms with van der Waals surface area (Å²) < 4.78 is 39.2. The Bertz CT molecular complexity index is 1530. The minimum absolute atomic E-state index is 0.0282. The minimum atomic E-state index is -1.05. The van der Waals surface area contributed by atoms with Crippen LogP contribution in [0.5, 0.6) is 11.5 Å². The standard InChI is InChI=1S/C43H72N4O12/c1-26(2)30(19-29-15-16-33(54-13)35(20-29)55-18-14-17-53-12)21-32-34(22-31(27(3)4)37(48)45-23-43(10,11)39(44)50)56-24-47(32)41(52)58-25-57-38(49)36(28(5)6)46-40(51)59-42(7,8)9/h15-16,20,26-28,30-32,34,36H,14,17-19,21-25H2,1-13H3,(H2,44,50)(H,45,48)(H,46,51)/t30-,31+,32?,34?,36+/m1/s1. The van der Waals surface area contributed by atoms with Gasteiger partial charge < -0.3 is 49.5 Å². The highest BCUT2D eigenvalue weighted by Gasteiger charge is 2.43. The number of hydrogen-bond donors (Lipinski definition) is 3. The molecule has 1 saturated heterocycles. The van der Waals surface area contributed by atoms with Crippen molar-refractivity contribution in [2.24, 2.45) is 40.7 Å². The molecule has 4 amide bonds. The first-order valence-corrected chi connectivity index (χ1v) is 20.6. The summed E-state index contributed by atoms with van der Waals surface area (Å²) in [5.74, 6) is -1.13. The molecule has 0 radical (unpaired) electrons. The number of ether oxygens (including phenoxy) is 7. The Balaban J connectivity index is 2.36. The smallest absolute Gasteiger partial charge is 0.414 e. The highest BCUT2D eigenvalue weighted by atomic mass is 16.7. The summed E-state index contributed by atoms with van der Waals surface area (Å²) in [5.41, 5.74) is 4.85. The van der Waals surface area contributed by atoms with Crippen molar-refractivity contribution in [2.45, 2.75) is 126 Å². The zero-order valence-electron chi connectivity index (χ0n) is 37.6. The van der Waals surface area contributed by atoms with Crippen molar-refractivity contribution < 1.29 is 57.1 Å². The van der Waals surface area contributed by atoms with E-state index in [0.717, 1.165) is 5.56 Å². The van der Waals surface area contributed by atoms with E-state index in [9.17, 15) is 24.0 Å². The minimum Gasteiger partial charge on any atom is -0.493 e. The molecular formula is C43H72N4O12. The van der Waals surface area contributed by atoms with Crippen molar-refractivity contribution in [1.82, 2.24) is 15.5 Å². The number of carbonyl (C=O) groups is 5. The first kappa shape index (κ1) is 50.8. The summed E-state index contributed by atoms with van der Waals surface area (Å²) in [7, 11) is 3.24. The number of esters is 1. The van der Waals surface area contributed by atoms with E-state index in [-0.39, 0.29) is 49.3 Å². The number of nitrogens with one attached hydrogen (secondary N) is 2. The van der Waals surface area contributed by atoms with Gasteiger partial charge >= 0.3 is 18.2 Å². The average Bonchev–Trinajstić information content (AvgIpc) is 3.54. The Labute approximate surface area is 351 Å². The van der Waals surface area contributed by atoms with Crippen LogP contribution in [0.1, 0.15) is 101 Å². The molecular weight excluding hydrogens is 764 g/mol. The van der Waals surface area contributed by atoms with Crippen LogP contribution in [-0.2, 0) is 44.5 Å². The summed E-state index contributed by atoms with van der Waals surface area (Å²) >= 11 is 0. The quantitative estimate of drug-likeness (QED) is 0.0679. The average molecular weight is 837 g/mol. The molecule has 0 aromatic heterocycles. The number of primary amides is 1. The number of nitrogens with zero attached hydrogens (tertiary/aromatic N) is 1. The van der Waals surface area contributed by atoms with Gasteiger partial charge in [0, 0.05) is 32.6 Å². The van der Waals surface area contributed by atoms with Gasteiger partial charge in [0.15, 0.2) is 11.5 Å². The third-order valence-corrected chi connectivity index (χ3v) is 10.4. The molecule has 0 aliphatic carbocycles. The van der Waals surface area contributed by atoms with Gasteiger partial charge in [0.2, 0.25) is 18.6 Å². The van der Waals surface area contributed by atoms with E-state index >= 15 is 0 Å². The molecule has 0 bridgehead atoms. The molecule has 2 unspecified atom stereocenters. The Kier molecular flexibility index (Phi) is 20.2. The van der Waals surface area contributed by atoms with Gasteiger partial charge in [-0.15, -0.1) is 0 Å². The number of nitrogens with two attached hydrogens (primary N) is 1. The van der Waals surface area contributed by atoms with E-state index in [1.807, 2.05) is 32.0 Å². The fourth-order valence-electron chi connectivity index (χ4n) is 6.53. The topological polar surface area (TPSA) is 203 Å². The fraction of sp³-hybridized carbons (Fsp3) is 0.744. The molecule has 336 valence electrons. The van der Waals surface area contributed by atoms with Crippen LogP contribution in [0.2, 0.25) is 0 Å². The number of rotatable bonds is 23. The van der Waals surface area contributed by atoms with Gasteiger partial charge in [-0.1, -0.05) is 47.6 Å². The van der Waals surface area contributed by atoms with Crippen LogP contribution in [0.15, 0.2) is 18.2 Å². The van der Waals surface area contributed by atoms with E-state index in [0.29, 0.717) is 44.0 Å². The summed E-state index contributed by atoms with van der Waals surface area (Å²) in [5, 5.41) is 5.43. The predicted molar refractivity (Wildman–Crippen MR) is 221 cm³/mol. The second-order valence-electron chi connectivity index (χ2n) is 17.9. The molecule has 59 heavy (non-hydrogen) atoms. The summed E-state index contributed by atoms with van der Waals surface area (Å²) in [6.45, 7) is 20.3. The maximum absolute atomic E-state index is 13.8. The van der Waals surface area contributed by atoms with E-state index in [1.54, 1.807) is 62.7 Å². The zero-order chi connectivity index (χ0) is 44.7. The maximum atomic E-state index is 13.8. The Morgan fingerprint density at radius 3 is 2.14 bits per heavy atom. The molecule has 2 rings (SSSR count). The van der Waals surface area contributed by atoms with Crippen molar-refractivity contribution in [2.75, 3.05) is 47.5 Å². The maximum Gasteiger partial charge on any atom is 0.414 e. The third kappa shape index (κ3) is 16.7. The molecule has 1 aromatic carbocycles. The van der Waals surface area contributed by atoms with Crippen molar-refractivity contribution in [3.8, 4) is 11.5 Å². The number of methoxy groups -OCH3 is 2. The SMILES string of the molecule is COCCCOc1cc(C[C@H](CC2C(C[C@H](C(=O)NCC(C)(C)C(N)=O)C(C)C)OCN2C(=O)OCOC(=O)[C@@H](NC(=O)OC(C)(C)C)C(C)C)C(C)C)ccc1OC. The van der Waals surface area contributed by atoms with Crippen LogP contribution >= 0.6 is 0 Å². The lowest BCUT2D eigenvalue weighted by Gasteiger charge is -2.33. The van der Waals surface area contributed by atoms with Gasteiger partial charge in [0.05, 0.1) is 31.3 Å². The van der Waals surface area contributed by atoms with Crippen LogP contribution in [-0.4, -0.2) is 106 Å². The molecule has 1 fully saturated rings. The monoisotopic (exact) mass is 837 g/mol. The van der Waals surface area contributed by atoms with Crippen molar-refractivity contribution >= 4 is 30.0 Å². The summed E-state index contributed by atoms with van der Waals surface area (Å²) in [6, 6.07) is 4.27. The number of amides is 4. The van der Waals surface area contributed by atoms with E-state index in [2.05, 4.69) is 24.5 Å². The van der Waals surface area contributed by atoms with Crippen LogP contribution in [0.25, 0.3) is 0 Å². The lowest BCUT2D eigenvalue weighted by molar-refractivity contribution is -0.156. The Morgan fingerprint density at radius 1 is 0.898 bits per heavy atom. The van der Waals surface area contributed by atoms with Crippen LogP contribution < -0.4 is 25.8 Å². The highest BCUT2D eigenvalue weighted by molar-refractivity contribution is 5.83. The van der Waals surface area contributed by atoms with Crippen molar-refractivity contribution in [1.29, 1.82) is 0 Å². The number of alkyl carbamates (subject to hydrolysis) is 1. The molecule has 0 saturated carbocycles. The van der Waals surface area contributed by atoms with Crippen LogP contribution in [0, 0.1) is 35.0 Å². The predicted octanol–water partition coefficient (Wildman–Crippen LogP) is 5.82. The van der Waals surface area contributed by atoms with Crippen LogP contribution in [0.3, 0.4) is 0 Å². The lowest BCUT2D eigenvalue weighted by Crippen LogP contribution is -2.48. The largest absolute Gasteiger partial charge is 0.493 e. The summed E-state index contributed by atoms with van der Waals surface area (Å²) in [4.78, 5) is 66.3. The first-order chi connectivity index (χ1) is 27.5. The van der Waals surface area contributed by atoms with E-state index < -0.39 is 66.0 Å². The fourth-order valence-corrected chi connectivity index (χ4v) is 6.53. The van der Waals surface area contributed by atoms with E-state index in [4.69, 9.17) is 38.9 Å². The molecule has 1 aromatic rings. The first-order valence-electron chi connectivity index (χ1n) is 20.6. The number of carbonyl (C=O) groups excluding carboxylic acids is 5. The van der Waals surface area contributed by atoms with Crippen LogP contribution in [0.4, 0.5) is 9.59 Å². The molecule has 5 atom stereocenters. The lowest BCUT2D eigenvalue weighted by atomic mass is 9.80. The molecule has 4 N–H and O–H groups in total. The Hall–Kier alpha value is -4.31. The molecule has 16 heteroatoms. The van der Waals surface area contributed by atoms with Crippen molar-refractivity contribution in [3.05, 3.63) is 23.8 Å². The zero-order valence-corrected chi connectivity index (χ0v) is 37.6. The molecule has 0 spiro atoms. The molecule has 1 aliphatic heterocycles. The number of benzene rings is 1. The normalized spacial score (nSPS) is 17.3. The molecule has 1 aliphatic rings. The van der Waals surface area contributed by atoms with Gasteiger partial charge in [-0.2, -0.15) is 0 Å². The van der Waals surface area contributed by atoms with Crippen molar-refractivity contribution in [3.63, 3.8) is 0 Å².